The molecular weight excluding hydrogens is 294 g/mol. The molecule has 1 aromatic carbocycles. The first-order valence-corrected chi connectivity index (χ1v) is 8.03. The molecule has 0 saturated carbocycles. The van der Waals surface area contributed by atoms with Crippen LogP contribution in [0.15, 0.2) is 42.6 Å². The highest BCUT2D eigenvalue weighted by Gasteiger charge is 2.33. The maximum Gasteiger partial charge on any atom is 0.270 e. The molecule has 2 N–H and O–H groups in total. The Labute approximate surface area is 132 Å². The summed E-state index contributed by atoms with van der Waals surface area (Å²) in [6.07, 6.45) is 2.60. The van der Waals surface area contributed by atoms with Crippen molar-refractivity contribution in [2.45, 2.75) is 19.4 Å². The molecule has 22 heavy (non-hydrogen) atoms. The number of pyridine rings is 1. The number of para-hydroxylation sites is 1. The fraction of sp³-hybridized carbons (Fsp3) is 0.176. The summed E-state index contributed by atoms with van der Waals surface area (Å²) in [7, 11) is 0. The monoisotopic (exact) mass is 309 g/mol. The summed E-state index contributed by atoms with van der Waals surface area (Å²) in [6, 6.07) is 11.9. The lowest BCUT2D eigenvalue weighted by Gasteiger charge is -2.22. The van der Waals surface area contributed by atoms with Crippen LogP contribution in [0, 0.1) is 0 Å². The average Bonchev–Trinajstić information content (AvgIpc) is 3.04. The molecule has 0 bridgehead atoms. The minimum absolute atomic E-state index is 0.0297. The van der Waals surface area contributed by atoms with Gasteiger partial charge in [-0.25, -0.2) is 4.98 Å². The molecule has 1 amide bonds. The minimum atomic E-state index is -0.0297. The van der Waals surface area contributed by atoms with Gasteiger partial charge in [-0.05, 0) is 37.1 Å². The van der Waals surface area contributed by atoms with Gasteiger partial charge < -0.3 is 10.6 Å². The summed E-state index contributed by atoms with van der Waals surface area (Å²) in [6.45, 7) is 2.07. The number of carbonyl (C=O) groups excluding carboxylic acids is 1. The lowest BCUT2D eigenvalue weighted by Crippen LogP contribution is -2.35. The van der Waals surface area contributed by atoms with E-state index in [-0.39, 0.29) is 11.9 Å². The number of rotatable bonds is 1. The number of aromatic nitrogens is 1. The first kappa shape index (κ1) is 13.3. The van der Waals surface area contributed by atoms with Crippen LogP contribution in [0.25, 0.3) is 10.2 Å². The second-order valence-corrected chi connectivity index (χ2v) is 6.56. The number of benzene rings is 1. The van der Waals surface area contributed by atoms with E-state index in [1.54, 1.807) is 6.20 Å². The van der Waals surface area contributed by atoms with Crippen molar-refractivity contribution >= 4 is 38.8 Å². The van der Waals surface area contributed by atoms with Gasteiger partial charge in [0.15, 0.2) is 0 Å². The second-order valence-electron chi connectivity index (χ2n) is 5.56. The number of carbonyl (C=O) groups is 1. The van der Waals surface area contributed by atoms with E-state index in [1.807, 2.05) is 35.2 Å². The van der Waals surface area contributed by atoms with Crippen LogP contribution in [0.4, 0.5) is 11.4 Å². The number of hydrogen-bond acceptors (Lipinski definition) is 4. The third-order valence-corrected chi connectivity index (χ3v) is 5.24. The Morgan fingerprint density at radius 3 is 2.95 bits per heavy atom. The maximum atomic E-state index is 13.0. The molecule has 1 aliphatic rings. The van der Waals surface area contributed by atoms with Gasteiger partial charge in [-0.1, -0.05) is 18.2 Å². The Kier molecular flexibility index (Phi) is 2.90. The predicted molar refractivity (Wildman–Crippen MR) is 90.4 cm³/mol. The Bertz CT molecular complexity index is 886. The van der Waals surface area contributed by atoms with E-state index in [4.69, 9.17) is 5.73 Å². The van der Waals surface area contributed by atoms with Gasteiger partial charge in [0.2, 0.25) is 0 Å². The lowest BCUT2D eigenvalue weighted by molar-refractivity contribution is 0.0986. The average molecular weight is 309 g/mol. The lowest BCUT2D eigenvalue weighted by atomic mass is 10.1. The summed E-state index contributed by atoms with van der Waals surface area (Å²) >= 11 is 1.37. The summed E-state index contributed by atoms with van der Waals surface area (Å²) in [5.74, 6) is -0.0297. The molecule has 4 rings (SSSR count). The molecular formula is C17H15N3OS. The van der Waals surface area contributed by atoms with Crippen molar-refractivity contribution < 1.29 is 4.79 Å². The van der Waals surface area contributed by atoms with Gasteiger partial charge in [-0.15, -0.1) is 11.3 Å². The van der Waals surface area contributed by atoms with Gasteiger partial charge in [0.1, 0.15) is 9.71 Å². The summed E-state index contributed by atoms with van der Waals surface area (Å²) < 4.78 is 0. The van der Waals surface area contributed by atoms with E-state index in [0.717, 1.165) is 22.3 Å². The van der Waals surface area contributed by atoms with E-state index in [2.05, 4.69) is 18.0 Å². The van der Waals surface area contributed by atoms with Gasteiger partial charge in [0, 0.05) is 23.3 Å². The van der Waals surface area contributed by atoms with E-state index < -0.39 is 0 Å². The van der Waals surface area contributed by atoms with Crippen molar-refractivity contribution in [2.24, 2.45) is 0 Å². The zero-order chi connectivity index (χ0) is 15.3. The topological polar surface area (TPSA) is 59.2 Å². The number of nitrogens with zero attached hydrogens (tertiary/aromatic N) is 2. The molecule has 0 saturated heterocycles. The van der Waals surface area contributed by atoms with E-state index in [1.165, 1.54) is 16.9 Å². The molecule has 110 valence electrons. The minimum Gasteiger partial charge on any atom is -0.397 e. The fourth-order valence-corrected chi connectivity index (χ4v) is 4.09. The molecule has 2 aromatic heterocycles. The largest absolute Gasteiger partial charge is 0.397 e. The number of anilines is 2. The molecule has 0 aliphatic carbocycles. The molecule has 4 nitrogen and oxygen atoms in total. The highest BCUT2D eigenvalue weighted by Crippen LogP contribution is 2.38. The van der Waals surface area contributed by atoms with Crippen molar-refractivity contribution in [3.8, 4) is 0 Å². The first-order valence-electron chi connectivity index (χ1n) is 7.21. The normalized spacial score (nSPS) is 17.0. The first-order chi connectivity index (χ1) is 10.7. The fourth-order valence-electron chi connectivity index (χ4n) is 3.09. The SMILES string of the molecule is C[C@@H]1Cc2ccccc2N1C(=O)c1sc2ncccc2c1N. The van der Waals surface area contributed by atoms with Crippen LogP contribution in [0.1, 0.15) is 22.2 Å². The number of fused-ring (bicyclic) bond motifs is 2. The molecule has 5 heteroatoms. The Morgan fingerprint density at radius 2 is 2.14 bits per heavy atom. The summed E-state index contributed by atoms with van der Waals surface area (Å²) in [4.78, 5) is 20.6. The number of hydrogen-bond donors (Lipinski definition) is 1. The summed E-state index contributed by atoms with van der Waals surface area (Å²) in [5, 5.41) is 0.857. The van der Waals surface area contributed by atoms with E-state index in [0.29, 0.717) is 10.6 Å². The van der Waals surface area contributed by atoms with Gasteiger partial charge in [0.05, 0.1) is 5.69 Å². The quantitative estimate of drug-likeness (QED) is 0.749. The van der Waals surface area contributed by atoms with Crippen LogP contribution in [-0.4, -0.2) is 16.9 Å². The molecule has 3 aromatic rings. The Morgan fingerprint density at radius 1 is 1.32 bits per heavy atom. The van der Waals surface area contributed by atoms with Gasteiger partial charge in [-0.3, -0.25) is 4.79 Å². The Hall–Kier alpha value is -2.40. The van der Waals surface area contributed by atoms with Crippen molar-refractivity contribution in [2.75, 3.05) is 10.6 Å². The molecule has 3 heterocycles. The van der Waals surface area contributed by atoms with Crippen molar-refractivity contribution in [3.63, 3.8) is 0 Å². The van der Waals surface area contributed by atoms with Crippen LogP contribution < -0.4 is 10.6 Å². The third-order valence-electron chi connectivity index (χ3n) is 4.12. The molecule has 0 spiro atoms. The second kappa shape index (κ2) is 4.81. The maximum absolute atomic E-state index is 13.0. The number of nitrogens with two attached hydrogens (primary N) is 1. The van der Waals surface area contributed by atoms with Gasteiger partial charge >= 0.3 is 0 Å². The highest BCUT2D eigenvalue weighted by molar-refractivity contribution is 7.21. The number of amides is 1. The Balaban J connectivity index is 1.82. The number of nitrogen functional groups attached to an aromatic ring is 1. The van der Waals surface area contributed by atoms with E-state index in [9.17, 15) is 4.79 Å². The van der Waals surface area contributed by atoms with Crippen LogP contribution in [0.3, 0.4) is 0 Å². The standard InChI is InChI=1S/C17H15N3OS/c1-10-9-11-5-2-3-7-13(11)20(10)17(21)15-14(18)12-6-4-8-19-16(12)22-15/h2-8,10H,9,18H2,1H3/t10-/m1/s1. The zero-order valence-electron chi connectivity index (χ0n) is 12.1. The van der Waals surface area contributed by atoms with Gasteiger partial charge in [0.25, 0.3) is 5.91 Å². The van der Waals surface area contributed by atoms with E-state index >= 15 is 0 Å². The van der Waals surface area contributed by atoms with Crippen molar-refractivity contribution in [3.05, 3.63) is 53.0 Å². The third kappa shape index (κ3) is 1.82. The summed E-state index contributed by atoms with van der Waals surface area (Å²) in [5.41, 5.74) is 8.93. The van der Waals surface area contributed by atoms with Crippen LogP contribution in [0.2, 0.25) is 0 Å². The van der Waals surface area contributed by atoms with Crippen LogP contribution in [-0.2, 0) is 6.42 Å². The molecule has 0 fully saturated rings. The molecule has 0 unspecified atom stereocenters. The van der Waals surface area contributed by atoms with Gasteiger partial charge in [-0.2, -0.15) is 0 Å². The van der Waals surface area contributed by atoms with Crippen molar-refractivity contribution in [1.82, 2.24) is 4.98 Å². The van der Waals surface area contributed by atoms with Crippen molar-refractivity contribution in [1.29, 1.82) is 0 Å². The number of thiophene rings is 1. The molecule has 1 atom stereocenters. The van der Waals surface area contributed by atoms with Crippen LogP contribution >= 0.6 is 11.3 Å². The van der Waals surface area contributed by atoms with Crippen LogP contribution in [0.5, 0.6) is 0 Å². The zero-order valence-corrected chi connectivity index (χ0v) is 12.9. The predicted octanol–water partition coefficient (Wildman–Crippen LogP) is 3.47. The smallest absolute Gasteiger partial charge is 0.270 e. The highest BCUT2D eigenvalue weighted by atomic mass is 32.1. The molecule has 1 aliphatic heterocycles. The molecule has 0 radical (unpaired) electrons.